The number of quaternary nitrogens is 1. The number of nitrogens with one attached hydrogen (secondary N) is 1. The molecule has 0 unspecified atom stereocenters. The molecule has 0 heterocycles. The summed E-state index contributed by atoms with van der Waals surface area (Å²) in [6.45, 7) is 5.87. The molecule has 2 aromatic rings. The zero-order valence-corrected chi connectivity index (χ0v) is 17.0. The van der Waals surface area contributed by atoms with Gasteiger partial charge in [-0.3, -0.25) is 9.59 Å². The van der Waals surface area contributed by atoms with Gasteiger partial charge in [-0.1, -0.05) is 41.4 Å². The SMILES string of the molecule is Cc1ccc(NC(=O)CN(C)C(=O)[C@H](C)[NH2+][C@H](C)c2cccc(Cl)c2)cc1. The third kappa shape index (κ3) is 6.38. The molecule has 144 valence electrons. The van der Waals surface area contributed by atoms with Gasteiger partial charge in [-0.15, -0.1) is 0 Å². The topological polar surface area (TPSA) is 66.0 Å². The molecule has 0 fully saturated rings. The van der Waals surface area contributed by atoms with Crippen molar-refractivity contribution >= 4 is 29.1 Å². The fraction of sp³-hybridized carbons (Fsp3) is 0.333. The molecule has 5 nitrogen and oxygen atoms in total. The number of amides is 2. The molecule has 2 atom stereocenters. The van der Waals surface area contributed by atoms with Crippen molar-refractivity contribution in [2.45, 2.75) is 32.9 Å². The van der Waals surface area contributed by atoms with Crippen molar-refractivity contribution in [1.29, 1.82) is 0 Å². The predicted octanol–water partition coefficient (Wildman–Crippen LogP) is 2.76. The fourth-order valence-corrected chi connectivity index (χ4v) is 3.09. The van der Waals surface area contributed by atoms with Gasteiger partial charge in [0.2, 0.25) is 5.91 Å². The van der Waals surface area contributed by atoms with Crippen molar-refractivity contribution in [3.63, 3.8) is 0 Å². The van der Waals surface area contributed by atoms with Gasteiger partial charge in [-0.25, -0.2) is 0 Å². The number of anilines is 1. The standard InChI is InChI=1S/C21H26ClN3O2/c1-14-8-10-19(11-9-14)24-20(26)13-25(4)21(27)16(3)23-15(2)17-6-5-7-18(22)12-17/h5-12,15-16,23H,13H2,1-4H3,(H,24,26)/p+1/t15-,16+/m1/s1. The molecule has 0 aliphatic heterocycles. The van der Waals surface area contributed by atoms with Crippen LogP contribution in [0, 0.1) is 6.92 Å². The van der Waals surface area contributed by atoms with Crippen molar-refractivity contribution in [1.82, 2.24) is 4.90 Å². The van der Waals surface area contributed by atoms with Gasteiger partial charge in [-0.05, 0) is 45.0 Å². The number of likely N-dealkylation sites (N-methyl/N-ethyl adjacent to an activating group) is 1. The van der Waals surface area contributed by atoms with Crippen LogP contribution in [-0.2, 0) is 9.59 Å². The molecule has 2 aromatic carbocycles. The molecule has 0 aliphatic carbocycles. The Hall–Kier alpha value is -2.37. The maximum absolute atomic E-state index is 12.6. The second kappa shape index (κ2) is 9.53. The van der Waals surface area contributed by atoms with Gasteiger partial charge in [0.25, 0.3) is 5.91 Å². The number of carbonyl (C=O) groups is 2. The summed E-state index contributed by atoms with van der Waals surface area (Å²) >= 11 is 6.04. The highest BCUT2D eigenvalue weighted by Gasteiger charge is 2.24. The summed E-state index contributed by atoms with van der Waals surface area (Å²) in [5.41, 5.74) is 2.90. The van der Waals surface area contributed by atoms with Gasteiger partial charge in [-0.2, -0.15) is 0 Å². The van der Waals surface area contributed by atoms with Crippen LogP contribution in [0.4, 0.5) is 5.69 Å². The van der Waals surface area contributed by atoms with Crippen LogP contribution in [0.15, 0.2) is 48.5 Å². The van der Waals surface area contributed by atoms with E-state index < -0.39 is 0 Å². The molecule has 2 rings (SSSR count). The lowest BCUT2D eigenvalue weighted by molar-refractivity contribution is -0.710. The van der Waals surface area contributed by atoms with Crippen LogP contribution < -0.4 is 10.6 Å². The van der Waals surface area contributed by atoms with E-state index >= 15 is 0 Å². The summed E-state index contributed by atoms with van der Waals surface area (Å²) < 4.78 is 0. The number of halogens is 1. The average molecular weight is 389 g/mol. The number of nitrogens with two attached hydrogens (primary N) is 1. The van der Waals surface area contributed by atoms with E-state index in [4.69, 9.17) is 11.6 Å². The number of benzene rings is 2. The van der Waals surface area contributed by atoms with E-state index in [1.165, 1.54) is 4.90 Å². The Morgan fingerprint density at radius 1 is 1.15 bits per heavy atom. The zero-order chi connectivity index (χ0) is 20.0. The van der Waals surface area contributed by atoms with Crippen molar-refractivity contribution in [3.8, 4) is 0 Å². The van der Waals surface area contributed by atoms with E-state index in [0.29, 0.717) is 5.02 Å². The first-order valence-corrected chi connectivity index (χ1v) is 9.36. The minimum atomic E-state index is -0.309. The Morgan fingerprint density at radius 2 is 1.81 bits per heavy atom. The molecule has 0 aliphatic rings. The normalized spacial score (nSPS) is 12.9. The first-order valence-electron chi connectivity index (χ1n) is 8.98. The summed E-state index contributed by atoms with van der Waals surface area (Å²) in [6.07, 6.45) is 0. The summed E-state index contributed by atoms with van der Waals surface area (Å²) in [5.74, 6) is -0.312. The smallest absolute Gasteiger partial charge is 0.280 e. The molecular weight excluding hydrogens is 362 g/mol. The Balaban J connectivity index is 1.87. The largest absolute Gasteiger partial charge is 0.331 e. The van der Waals surface area contributed by atoms with E-state index in [0.717, 1.165) is 16.8 Å². The minimum absolute atomic E-state index is 0.0104. The van der Waals surface area contributed by atoms with E-state index in [-0.39, 0.29) is 30.4 Å². The quantitative estimate of drug-likeness (QED) is 0.765. The summed E-state index contributed by atoms with van der Waals surface area (Å²) in [7, 11) is 1.64. The first-order chi connectivity index (χ1) is 12.8. The molecule has 0 radical (unpaired) electrons. The number of rotatable bonds is 7. The molecule has 2 amide bonds. The lowest BCUT2D eigenvalue weighted by atomic mass is 10.1. The molecule has 27 heavy (non-hydrogen) atoms. The van der Waals surface area contributed by atoms with Crippen LogP contribution in [-0.4, -0.2) is 36.3 Å². The Kier molecular flexibility index (Phi) is 7.39. The van der Waals surface area contributed by atoms with Crippen LogP contribution in [0.2, 0.25) is 5.02 Å². The van der Waals surface area contributed by atoms with Crippen LogP contribution in [0.3, 0.4) is 0 Å². The highest BCUT2D eigenvalue weighted by molar-refractivity contribution is 6.30. The molecule has 0 aromatic heterocycles. The van der Waals surface area contributed by atoms with Crippen LogP contribution in [0.5, 0.6) is 0 Å². The van der Waals surface area contributed by atoms with Gasteiger partial charge in [0, 0.05) is 23.3 Å². The van der Waals surface area contributed by atoms with Gasteiger partial charge < -0.3 is 15.5 Å². The molecule has 0 spiro atoms. The monoisotopic (exact) mass is 388 g/mol. The Labute approximate surface area is 165 Å². The number of hydrogen-bond acceptors (Lipinski definition) is 2. The van der Waals surface area contributed by atoms with Crippen LogP contribution in [0.1, 0.15) is 31.0 Å². The highest BCUT2D eigenvalue weighted by atomic mass is 35.5. The van der Waals surface area contributed by atoms with Crippen molar-refractivity contribution in [2.75, 3.05) is 18.9 Å². The maximum Gasteiger partial charge on any atom is 0.280 e. The third-order valence-corrected chi connectivity index (χ3v) is 4.67. The summed E-state index contributed by atoms with van der Waals surface area (Å²) in [5, 5.41) is 5.46. The van der Waals surface area contributed by atoms with Crippen molar-refractivity contribution in [3.05, 3.63) is 64.7 Å². The lowest BCUT2D eigenvalue weighted by Gasteiger charge is -2.22. The molecule has 0 saturated heterocycles. The van der Waals surface area contributed by atoms with Crippen molar-refractivity contribution < 1.29 is 14.9 Å². The number of aryl methyl sites for hydroxylation is 1. The highest BCUT2D eigenvalue weighted by Crippen LogP contribution is 2.15. The fourth-order valence-electron chi connectivity index (χ4n) is 2.89. The number of hydrogen-bond donors (Lipinski definition) is 2. The van der Waals surface area contributed by atoms with E-state index in [1.807, 2.05) is 74.6 Å². The van der Waals surface area contributed by atoms with E-state index in [1.54, 1.807) is 7.05 Å². The second-order valence-electron chi connectivity index (χ2n) is 6.93. The average Bonchev–Trinajstić information content (AvgIpc) is 2.62. The van der Waals surface area contributed by atoms with E-state index in [9.17, 15) is 9.59 Å². The van der Waals surface area contributed by atoms with Gasteiger partial charge in [0.05, 0.1) is 6.54 Å². The molecule has 3 N–H and O–H groups in total. The van der Waals surface area contributed by atoms with Gasteiger partial charge in [0.15, 0.2) is 6.04 Å². The van der Waals surface area contributed by atoms with Gasteiger partial charge in [0.1, 0.15) is 6.04 Å². The lowest BCUT2D eigenvalue weighted by Crippen LogP contribution is -2.92. The zero-order valence-electron chi connectivity index (χ0n) is 16.2. The predicted molar refractivity (Wildman–Crippen MR) is 109 cm³/mol. The molecule has 0 saturated carbocycles. The van der Waals surface area contributed by atoms with E-state index in [2.05, 4.69) is 5.32 Å². The third-order valence-electron chi connectivity index (χ3n) is 4.43. The number of nitrogens with zero attached hydrogens (tertiary/aromatic N) is 1. The minimum Gasteiger partial charge on any atom is -0.331 e. The van der Waals surface area contributed by atoms with Crippen LogP contribution >= 0.6 is 11.6 Å². The maximum atomic E-state index is 12.6. The second-order valence-corrected chi connectivity index (χ2v) is 7.37. The van der Waals surface area contributed by atoms with Crippen LogP contribution in [0.25, 0.3) is 0 Å². The Morgan fingerprint density at radius 3 is 2.44 bits per heavy atom. The van der Waals surface area contributed by atoms with Gasteiger partial charge >= 0.3 is 0 Å². The molecule has 0 bridgehead atoms. The first kappa shape index (κ1) is 20.9. The van der Waals surface area contributed by atoms with Crippen molar-refractivity contribution in [2.24, 2.45) is 0 Å². The summed E-state index contributed by atoms with van der Waals surface area (Å²) in [6, 6.07) is 14.9. The Bertz CT molecular complexity index is 792. The summed E-state index contributed by atoms with van der Waals surface area (Å²) in [4.78, 5) is 26.2. The number of carbonyl (C=O) groups excluding carboxylic acids is 2. The molecule has 6 heteroatoms. The molecular formula is C21H27ClN3O2+.